The van der Waals surface area contributed by atoms with Crippen LogP contribution < -0.4 is 5.32 Å². The van der Waals surface area contributed by atoms with E-state index < -0.39 is 12.0 Å². The third kappa shape index (κ3) is 4.55. The third-order valence-corrected chi connectivity index (χ3v) is 1.94. The minimum atomic E-state index is -0.663. The van der Waals surface area contributed by atoms with Crippen LogP contribution in [0.15, 0.2) is 28.9 Å². The molecule has 0 radical (unpaired) electrons. The van der Waals surface area contributed by atoms with Crippen molar-refractivity contribution in [2.75, 3.05) is 6.61 Å². The van der Waals surface area contributed by atoms with Crippen LogP contribution in [0, 0.1) is 0 Å². The van der Waals surface area contributed by atoms with Crippen molar-refractivity contribution < 1.29 is 18.7 Å². The maximum Gasteiger partial charge on any atom is 0.328 e. The number of esters is 1. The largest absolute Gasteiger partial charge is 0.465 e. The van der Waals surface area contributed by atoms with Crippen molar-refractivity contribution in [1.82, 2.24) is 5.32 Å². The molecule has 0 saturated carbocycles. The molecule has 0 bridgehead atoms. The molecule has 1 unspecified atom stereocenters. The zero-order valence-electron chi connectivity index (χ0n) is 9.80. The molecule has 92 valence electrons. The van der Waals surface area contributed by atoms with Gasteiger partial charge in [0.25, 0.3) is 0 Å². The first kappa shape index (κ1) is 13.0. The van der Waals surface area contributed by atoms with Gasteiger partial charge in [0.1, 0.15) is 11.8 Å². The standard InChI is InChI=1S/C12H15NO4/c1-3-16-12(15)9(2)13-11(14)7-6-10-5-4-8-17-10/h4-9H,3H2,1-2H3,(H,13,14). The van der Waals surface area contributed by atoms with Gasteiger partial charge in [-0.2, -0.15) is 0 Å². The zero-order valence-corrected chi connectivity index (χ0v) is 9.80. The molecule has 0 aromatic carbocycles. The number of amides is 1. The lowest BCUT2D eigenvalue weighted by atomic mass is 10.3. The summed E-state index contributed by atoms with van der Waals surface area (Å²) in [6.07, 6.45) is 4.33. The van der Waals surface area contributed by atoms with Gasteiger partial charge >= 0.3 is 5.97 Å². The lowest BCUT2D eigenvalue weighted by Crippen LogP contribution is -2.38. The molecule has 0 spiro atoms. The predicted octanol–water partition coefficient (Wildman–Crippen LogP) is 1.36. The van der Waals surface area contributed by atoms with E-state index in [1.54, 1.807) is 26.0 Å². The molecule has 17 heavy (non-hydrogen) atoms. The Morgan fingerprint density at radius 3 is 2.94 bits per heavy atom. The summed E-state index contributed by atoms with van der Waals surface area (Å²) in [5.41, 5.74) is 0. The quantitative estimate of drug-likeness (QED) is 0.620. The first-order valence-electron chi connectivity index (χ1n) is 5.32. The van der Waals surface area contributed by atoms with Crippen LogP contribution in [-0.2, 0) is 14.3 Å². The van der Waals surface area contributed by atoms with Gasteiger partial charge in [0.2, 0.25) is 5.91 Å². The maximum atomic E-state index is 11.4. The summed E-state index contributed by atoms with van der Waals surface area (Å²) < 4.78 is 9.78. The Balaban J connectivity index is 2.41. The van der Waals surface area contributed by atoms with E-state index >= 15 is 0 Å². The van der Waals surface area contributed by atoms with E-state index in [-0.39, 0.29) is 5.91 Å². The number of furan rings is 1. The van der Waals surface area contributed by atoms with Gasteiger partial charge in [-0.25, -0.2) is 4.79 Å². The highest BCUT2D eigenvalue weighted by Gasteiger charge is 2.14. The second-order valence-corrected chi connectivity index (χ2v) is 3.33. The molecule has 1 aromatic rings. The fourth-order valence-electron chi connectivity index (χ4n) is 1.13. The van der Waals surface area contributed by atoms with E-state index in [9.17, 15) is 9.59 Å². The van der Waals surface area contributed by atoms with Crippen molar-refractivity contribution in [2.24, 2.45) is 0 Å². The Hall–Kier alpha value is -2.04. The molecule has 5 heteroatoms. The molecule has 1 amide bonds. The van der Waals surface area contributed by atoms with Gasteiger partial charge in [-0.15, -0.1) is 0 Å². The van der Waals surface area contributed by atoms with Gasteiger partial charge in [0.15, 0.2) is 0 Å². The van der Waals surface area contributed by atoms with Crippen molar-refractivity contribution in [2.45, 2.75) is 19.9 Å². The lowest BCUT2D eigenvalue weighted by Gasteiger charge is -2.10. The zero-order chi connectivity index (χ0) is 12.7. The number of ether oxygens (including phenoxy) is 1. The molecule has 0 aliphatic heterocycles. The van der Waals surface area contributed by atoms with Crippen molar-refractivity contribution in [1.29, 1.82) is 0 Å². The summed E-state index contributed by atoms with van der Waals surface area (Å²) in [5, 5.41) is 2.48. The number of hydrogen-bond donors (Lipinski definition) is 1. The van der Waals surface area contributed by atoms with Crippen LogP contribution in [0.1, 0.15) is 19.6 Å². The number of carbonyl (C=O) groups excluding carboxylic acids is 2. The highest BCUT2D eigenvalue weighted by Crippen LogP contribution is 2.01. The molecule has 0 fully saturated rings. The van der Waals surface area contributed by atoms with Crippen LogP contribution in [-0.4, -0.2) is 24.5 Å². The monoisotopic (exact) mass is 237 g/mol. The third-order valence-electron chi connectivity index (χ3n) is 1.94. The van der Waals surface area contributed by atoms with E-state index in [4.69, 9.17) is 9.15 Å². The Labute approximate surface area is 99.4 Å². The minimum absolute atomic E-state index is 0.293. The van der Waals surface area contributed by atoms with Gasteiger partial charge in [0, 0.05) is 6.08 Å². The fraction of sp³-hybridized carbons (Fsp3) is 0.333. The number of carbonyl (C=O) groups is 2. The Kier molecular flexibility index (Phi) is 5.00. The van der Waals surface area contributed by atoms with Gasteiger partial charge in [-0.05, 0) is 32.1 Å². The first-order valence-corrected chi connectivity index (χ1v) is 5.32. The van der Waals surface area contributed by atoms with E-state index in [0.29, 0.717) is 12.4 Å². The lowest BCUT2D eigenvalue weighted by molar-refractivity contribution is -0.146. The van der Waals surface area contributed by atoms with E-state index in [1.807, 2.05) is 0 Å². The maximum absolute atomic E-state index is 11.4. The molecule has 5 nitrogen and oxygen atoms in total. The molecular weight excluding hydrogens is 222 g/mol. The van der Waals surface area contributed by atoms with Crippen LogP contribution in [0.3, 0.4) is 0 Å². The average molecular weight is 237 g/mol. The fourth-order valence-corrected chi connectivity index (χ4v) is 1.13. The Morgan fingerprint density at radius 1 is 1.59 bits per heavy atom. The summed E-state index contributed by atoms with van der Waals surface area (Å²) in [6.45, 7) is 3.57. The smallest absolute Gasteiger partial charge is 0.328 e. The average Bonchev–Trinajstić information content (AvgIpc) is 2.79. The van der Waals surface area contributed by atoms with E-state index in [2.05, 4.69) is 5.32 Å². The molecule has 0 aliphatic rings. The SMILES string of the molecule is CCOC(=O)C(C)NC(=O)C=Cc1ccco1. The van der Waals surface area contributed by atoms with Crippen molar-refractivity contribution in [3.05, 3.63) is 30.2 Å². The summed E-state index contributed by atoms with van der Waals surface area (Å²) in [7, 11) is 0. The summed E-state index contributed by atoms with van der Waals surface area (Å²) in [4.78, 5) is 22.6. The molecule has 0 aliphatic carbocycles. The van der Waals surface area contributed by atoms with Gasteiger partial charge in [0.05, 0.1) is 12.9 Å². The topological polar surface area (TPSA) is 68.5 Å². The molecule has 1 atom stereocenters. The molecule has 1 rings (SSSR count). The molecule has 0 saturated heterocycles. The van der Waals surface area contributed by atoms with Gasteiger partial charge < -0.3 is 14.5 Å². The first-order chi connectivity index (χ1) is 8.13. The van der Waals surface area contributed by atoms with Gasteiger partial charge in [-0.1, -0.05) is 0 Å². The summed E-state index contributed by atoms with van der Waals surface area (Å²) >= 11 is 0. The number of rotatable bonds is 5. The molecule has 1 heterocycles. The highest BCUT2D eigenvalue weighted by molar-refractivity contribution is 5.94. The van der Waals surface area contributed by atoms with Crippen molar-refractivity contribution in [3.63, 3.8) is 0 Å². The van der Waals surface area contributed by atoms with E-state index in [0.717, 1.165) is 0 Å². The number of hydrogen-bond acceptors (Lipinski definition) is 4. The number of nitrogens with one attached hydrogen (secondary N) is 1. The summed E-state index contributed by atoms with van der Waals surface area (Å²) in [6, 6.07) is 2.78. The minimum Gasteiger partial charge on any atom is -0.465 e. The van der Waals surface area contributed by atoms with Crippen molar-refractivity contribution in [3.8, 4) is 0 Å². The molecule has 1 aromatic heterocycles. The highest BCUT2D eigenvalue weighted by atomic mass is 16.5. The Bertz CT molecular complexity index is 395. The second-order valence-electron chi connectivity index (χ2n) is 3.33. The Morgan fingerprint density at radius 2 is 2.35 bits per heavy atom. The van der Waals surface area contributed by atoms with Crippen LogP contribution >= 0.6 is 0 Å². The van der Waals surface area contributed by atoms with Crippen LogP contribution in [0.5, 0.6) is 0 Å². The second kappa shape index (κ2) is 6.52. The van der Waals surface area contributed by atoms with Crippen molar-refractivity contribution >= 4 is 18.0 Å². The normalized spacial score (nSPS) is 12.4. The molecule has 1 N–H and O–H groups in total. The summed E-state index contributed by atoms with van der Waals surface area (Å²) in [5.74, 6) is -0.252. The van der Waals surface area contributed by atoms with Crippen LogP contribution in [0.25, 0.3) is 6.08 Å². The predicted molar refractivity (Wildman–Crippen MR) is 62.0 cm³/mol. The van der Waals surface area contributed by atoms with Gasteiger partial charge in [-0.3, -0.25) is 4.79 Å². The molecular formula is C12H15NO4. The van der Waals surface area contributed by atoms with E-state index in [1.165, 1.54) is 18.4 Å². The van der Waals surface area contributed by atoms with Crippen LogP contribution in [0.4, 0.5) is 0 Å². The van der Waals surface area contributed by atoms with Crippen LogP contribution in [0.2, 0.25) is 0 Å².